The molecule has 21 heavy (non-hydrogen) atoms. The van der Waals surface area contributed by atoms with Gasteiger partial charge in [-0.25, -0.2) is 4.39 Å². The molecule has 114 valence electrons. The number of rotatable bonds is 9. The molecule has 0 amide bonds. The molecule has 1 aromatic carbocycles. The molecule has 2 rings (SSSR count). The second kappa shape index (κ2) is 7.39. The van der Waals surface area contributed by atoms with Crippen LogP contribution in [-0.2, 0) is 11.3 Å². The topological polar surface area (TPSA) is 54.3 Å². The van der Waals surface area contributed by atoms with Crippen LogP contribution in [0.25, 0.3) is 0 Å². The number of ether oxygens (including phenoxy) is 2. The first-order valence-electron chi connectivity index (χ1n) is 7.16. The van der Waals surface area contributed by atoms with Gasteiger partial charge >= 0.3 is 0 Å². The van der Waals surface area contributed by atoms with E-state index in [1.807, 2.05) is 6.07 Å². The summed E-state index contributed by atoms with van der Waals surface area (Å²) in [5.74, 6) is 0.226. The first kappa shape index (κ1) is 15.7. The van der Waals surface area contributed by atoms with Crippen LogP contribution >= 0.6 is 0 Å². The highest BCUT2D eigenvalue weighted by molar-refractivity contribution is 5.29. The van der Waals surface area contributed by atoms with E-state index < -0.39 is 0 Å². The number of nitrogens with one attached hydrogen (secondary N) is 1. The molecule has 1 aromatic rings. The standard InChI is InChI=1S/C16H21FN2O2/c1-20-7-6-19-11-13-8-14(17)10-15(9-13)21-12-16(2-3-16)4-5-18/h8-10,19H,2-4,6-7,11-12H2,1H3. The van der Waals surface area contributed by atoms with Gasteiger partial charge in [-0.05, 0) is 30.5 Å². The van der Waals surface area contributed by atoms with Crippen molar-refractivity contribution < 1.29 is 13.9 Å². The highest BCUT2D eigenvalue weighted by atomic mass is 19.1. The molecule has 1 fully saturated rings. The van der Waals surface area contributed by atoms with Crippen LogP contribution in [-0.4, -0.2) is 26.9 Å². The lowest BCUT2D eigenvalue weighted by atomic mass is 10.1. The van der Waals surface area contributed by atoms with E-state index in [4.69, 9.17) is 14.7 Å². The summed E-state index contributed by atoms with van der Waals surface area (Å²) in [5.41, 5.74) is 0.837. The number of halogens is 1. The van der Waals surface area contributed by atoms with Crippen LogP contribution in [0.3, 0.4) is 0 Å². The average molecular weight is 292 g/mol. The van der Waals surface area contributed by atoms with Gasteiger partial charge in [0.15, 0.2) is 0 Å². The Morgan fingerprint density at radius 2 is 2.19 bits per heavy atom. The van der Waals surface area contributed by atoms with Crippen LogP contribution in [0.1, 0.15) is 24.8 Å². The number of benzene rings is 1. The van der Waals surface area contributed by atoms with E-state index in [0.717, 1.165) is 18.4 Å². The maximum absolute atomic E-state index is 13.6. The van der Waals surface area contributed by atoms with E-state index in [1.165, 1.54) is 12.1 Å². The lowest BCUT2D eigenvalue weighted by Crippen LogP contribution is -2.18. The molecule has 0 unspecified atom stereocenters. The third-order valence-electron chi connectivity index (χ3n) is 3.70. The van der Waals surface area contributed by atoms with E-state index >= 15 is 0 Å². The molecule has 1 aliphatic rings. The van der Waals surface area contributed by atoms with Gasteiger partial charge in [-0.15, -0.1) is 0 Å². The normalized spacial score (nSPS) is 15.5. The van der Waals surface area contributed by atoms with E-state index in [1.54, 1.807) is 7.11 Å². The summed E-state index contributed by atoms with van der Waals surface area (Å²) in [5, 5.41) is 12.0. The first-order chi connectivity index (χ1) is 10.2. The summed E-state index contributed by atoms with van der Waals surface area (Å²) in [6.45, 7) is 2.39. The molecule has 0 heterocycles. The molecule has 0 radical (unpaired) electrons. The zero-order chi connectivity index (χ0) is 15.1. The van der Waals surface area contributed by atoms with Crippen LogP contribution in [0.15, 0.2) is 18.2 Å². The maximum Gasteiger partial charge on any atom is 0.127 e. The smallest absolute Gasteiger partial charge is 0.127 e. The van der Waals surface area contributed by atoms with Crippen molar-refractivity contribution in [2.75, 3.05) is 26.9 Å². The quantitative estimate of drug-likeness (QED) is 0.711. The van der Waals surface area contributed by atoms with E-state index in [9.17, 15) is 4.39 Å². The number of hydrogen-bond donors (Lipinski definition) is 1. The molecule has 0 aliphatic heterocycles. The molecule has 0 spiro atoms. The number of methoxy groups -OCH3 is 1. The van der Waals surface area contributed by atoms with Crippen LogP contribution < -0.4 is 10.1 Å². The van der Waals surface area contributed by atoms with Crippen molar-refractivity contribution in [3.05, 3.63) is 29.6 Å². The Morgan fingerprint density at radius 1 is 1.38 bits per heavy atom. The minimum Gasteiger partial charge on any atom is -0.493 e. The van der Waals surface area contributed by atoms with Gasteiger partial charge in [0, 0.05) is 38.1 Å². The molecule has 0 aromatic heterocycles. The van der Waals surface area contributed by atoms with Gasteiger partial charge in [-0.2, -0.15) is 5.26 Å². The van der Waals surface area contributed by atoms with Crippen molar-refractivity contribution in [1.82, 2.24) is 5.32 Å². The zero-order valence-electron chi connectivity index (χ0n) is 12.3. The SMILES string of the molecule is COCCNCc1cc(F)cc(OCC2(CC#N)CC2)c1. The van der Waals surface area contributed by atoms with E-state index in [2.05, 4.69) is 11.4 Å². The van der Waals surface area contributed by atoms with Gasteiger partial charge in [0.2, 0.25) is 0 Å². The largest absolute Gasteiger partial charge is 0.493 e. The lowest BCUT2D eigenvalue weighted by Gasteiger charge is -2.14. The van der Waals surface area contributed by atoms with Crippen molar-refractivity contribution in [2.45, 2.75) is 25.8 Å². The highest BCUT2D eigenvalue weighted by Crippen LogP contribution is 2.48. The summed E-state index contributed by atoms with van der Waals surface area (Å²) in [4.78, 5) is 0. The maximum atomic E-state index is 13.6. The van der Waals surface area contributed by atoms with E-state index in [-0.39, 0.29) is 11.2 Å². The molecular weight excluding hydrogens is 271 g/mol. The summed E-state index contributed by atoms with van der Waals surface area (Å²) in [6.07, 6.45) is 2.54. The average Bonchev–Trinajstić information content (AvgIpc) is 3.22. The van der Waals surface area contributed by atoms with Crippen LogP contribution in [0.5, 0.6) is 5.75 Å². The molecule has 0 bridgehead atoms. The van der Waals surface area contributed by atoms with Gasteiger partial charge in [-0.3, -0.25) is 0 Å². The summed E-state index contributed by atoms with van der Waals surface area (Å²) >= 11 is 0. The van der Waals surface area contributed by atoms with Crippen molar-refractivity contribution in [2.24, 2.45) is 5.41 Å². The Labute approximate surface area is 124 Å². The van der Waals surface area contributed by atoms with Crippen molar-refractivity contribution >= 4 is 0 Å². The zero-order valence-corrected chi connectivity index (χ0v) is 12.3. The molecule has 1 aliphatic carbocycles. The number of nitriles is 1. The number of hydrogen-bond acceptors (Lipinski definition) is 4. The Kier molecular flexibility index (Phi) is 5.54. The third kappa shape index (κ3) is 5.00. The fourth-order valence-electron chi connectivity index (χ4n) is 2.17. The molecule has 0 saturated heterocycles. The molecule has 5 heteroatoms. The van der Waals surface area contributed by atoms with E-state index in [0.29, 0.717) is 38.5 Å². The molecule has 4 nitrogen and oxygen atoms in total. The Hall–Kier alpha value is -1.64. The first-order valence-corrected chi connectivity index (χ1v) is 7.16. The second-order valence-electron chi connectivity index (χ2n) is 5.59. The predicted molar refractivity (Wildman–Crippen MR) is 77.4 cm³/mol. The van der Waals surface area contributed by atoms with Gasteiger partial charge in [0.1, 0.15) is 11.6 Å². The fourth-order valence-corrected chi connectivity index (χ4v) is 2.17. The summed E-state index contributed by atoms with van der Waals surface area (Å²) in [6, 6.07) is 6.92. The Morgan fingerprint density at radius 3 is 2.86 bits per heavy atom. The van der Waals surface area contributed by atoms with Crippen LogP contribution in [0, 0.1) is 22.6 Å². The lowest BCUT2D eigenvalue weighted by molar-refractivity contribution is 0.199. The molecule has 1 saturated carbocycles. The third-order valence-corrected chi connectivity index (χ3v) is 3.70. The minimum absolute atomic E-state index is 0.00204. The monoisotopic (exact) mass is 292 g/mol. The molecular formula is C16H21FN2O2. The highest BCUT2D eigenvalue weighted by Gasteiger charge is 2.43. The predicted octanol–water partition coefficient (Wildman–Crippen LogP) is 2.63. The fraction of sp³-hybridized carbons (Fsp3) is 0.562. The summed E-state index contributed by atoms with van der Waals surface area (Å²) in [7, 11) is 1.64. The van der Waals surface area contributed by atoms with Gasteiger partial charge in [0.05, 0.1) is 19.3 Å². The minimum atomic E-state index is -0.304. The van der Waals surface area contributed by atoms with Gasteiger partial charge in [0.25, 0.3) is 0 Å². The summed E-state index contributed by atoms with van der Waals surface area (Å²) < 4.78 is 24.2. The second-order valence-corrected chi connectivity index (χ2v) is 5.59. The Balaban J connectivity index is 1.88. The Bertz CT molecular complexity index is 509. The van der Waals surface area contributed by atoms with Gasteiger partial charge in [-0.1, -0.05) is 0 Å². The molecule has 1 N–H and O–H groups in total. The number of nitrogens with zero attached hydrogens (tertiary/aromatic N) is 1. The van der Waals surface area contributed by atoms with Crippen LogP contribution in [0.2, 0.25) is 0 Å². The van der Waals surface area contributed by atoms with Crippen molar-refractivity contribution in [1.29, 1.82) is 5.26 Å². The van der Waals surface area contributed by atoms with Crippen molar-refractivity contribution in [3.8, 4) is 11.8 Å². The molecule has 0 atom stereocenters. The van der Waals surface area contributed by atoms with Crippen molar-refractivity contribution in [3.63, 3.8) is 0 Å². The van der Waals surface area contributed by atoms with Gasteiger partial charge < -0.3 is 14.8 Å². The van der Waals surface area contributed by atoms with Crippen LogP contribution in [0.4, 0.5) is 4.39 Å².